The summed E-state index contributed by atoms with van der Waals surface area (Å²) in [5.74, 6) is 0. The number of aryl methyl sites for hydroxylation is 1. The number of aliphatic hydroxyl groups is 1. The number of nitrogens with two attached hydrogens (primary N) is 1. The van der Waals surface area contributed by atoms with Crippen molar-refractivity contribution in [3.63, 3.8) is 0 Å². The fourth-order valence-electron chi connectivity index (χ4n) is 3.21. The molecule has 1 aromatic rings. The van der Waals surface area contributed by atoms with Crippen LogP contribution in [0.1, 0.15) is 42.9 Å². The van der Waals surface area contributed by atoms with Gasteiger partial charge in [0.2, 0.25) is 0 Å². The van der Waals surface area contributed by atoms with E-state index in [1.165, 1.54) is 11.1 Å². The van der Waals surface area contributed by atoms with Crippen molar-refractivity contribution in [2.45, 2.75) is 44.2 Å². The summed E-state index contributed by atoms with van der Waals surface area (Å²) in [6.07, 6.45) is 4.12. The predicted molar refractivity (Wildman–Crippen MR) is 79.0 cm³/mol. The molecule has 19 heavy (non-hydrogen) atoms. The van der Waals surface area contributed by atoms with Gasteiger partial charge in [-0.1, -0.05) is 42.7 Å². The molecule has 1 saturated carbocycles. The van der Waals surface area contributed by atoms with E-state index in [4.69, 9.17) is 5.73 Å². The van der Waals surface area contributed by atoms with Crippen LogP contribution in [0.2, 0.25) is 0 Å². The molecule has 1 unspecified atom stereocenters. The summed E-state index contributed by atoms with van der Waals surface area (Å²) in [6.45, 7) is 3.39. The van der Waals surface area contributed by atoms with E-state index in [0.717, 1.165) is 25.7 Å². The standard InChI is InChI=1S/C16H26N2O/c1-13-6-5-7-14(10-13)15(11-17)18(2)12-16(19)8-3-4-9-16/h5-7,10,15,19H,3-4,8-9,11-12,17H2,1-2H3. The fraction of sp³-hybridized carbons (Fsp3) is 0.625. The first-order valence-electron chi connectivity index (χ1n) is 7.23. The Labute approximate surface area is 116 Å². The minimum Gasteiger partial charge on any atom is -0.389 e. The van der Waals surface area contributed by atoms with E-state index >= 15 is 0 Å². The van der Waals surface area contributed by atoms with Crippen LogP contribution in [-0.4, -0.2) is 35.7 Å². The molecule has 0 heterocycles. The molecule has 1 fully saturated rings. The summed E-state index contributed by atoms with van der Waals surface area (Å²) in [7, 11) is 2.07. The number of hydrogen-bond acceptors (Lipinski definition) is 3. The zero-order valence-electron chi connectivity index (χ0n) is 12.1. The van der Waals surface area contributed by atoms with Crippen molar-refractivity contribution in [2.24, 2.45) is 5.73 Å². The average Bonchev–Trinajstić information content (AvgIpc) is 2.76. The highest BCUT2D eigenvalue weighted by atomic mass is 16.3. The van der Waals surface area contributed by atoms with Gasteiger partial charge in [0.15, 0.2) is 0 Å². The molecule has 0 spiro atoms. The largest absolute Gasteiger partial charge is 0.389 e. The van der Waals surface area contributed by atoms with Crippen LogP contribution >= 0.6 is 0 Å². The summed E-state index contributed by atoms with van der Waals surface area (Å²) < 4.78 is 0. The Balaban J connectivity index is 2.08. The van der Waals surface area contributed by atoms with Crippen LogP contribution in [0.5, 0.6) is 0 Å². The van der Waals surface area contributed by atoms with Crippen LogP contribution in [-0.2, 0) is 0 Å². The van der Waals surface area contributed by atoms with Crippen molar-refractivity contribution in [1.29, 1.82) is 0 Å². The Morgan fingerprint density at radius 3 is 2.63 bits per heavy atom. The molecule has 1 atom stereocenters. The van der Waals surface area contributed by atoms with Gasteiger partial charge in [0.25, 0.3) is 0 Å². The van der Waals surface area contributed by atoms with Crippen molar-refractivity contribution in [3.05, 3.63) is 35.4 Å². The van der Waals surface area contributed by atoms with Gasteiger partial charge in [-0.3, -0.25) is 4.90 Å². The molecule has 1 aliphatic rings. The third kappa shape index (κ3) is 3.56. The molecular weight excluding hydrogens is 236 g/mol. The predicted octanol–water partition coefficient (Wildman–Crippen LogP) is 2.23. The first-order chi connectivity index (χ1) is 9.04. The van der Waals surface area contributed by atoms with Gasteiger partial charge in [-0.15, -0.1) is 0 Å². The molecule has 0 saturated heterocycles. The van der Waals surface area contributed by atoms with Crippen molar-refractivity contribution in [2.75, 3.05) is 20.1 Å². The zero-order chi connectivity index (χ0) is 13.9. The highest BCUT2D eigenvalue weighted by Crippen LogP contribution is 2.32. The highest BCUT2D eigenvalue weighted by Gasteiger charge is 2.33. The lowest BCUT2D eigenvalue weighted by molar-refractivity contribution is 0.00592. The summed E-state index contributed by atoms with van der Waals surface area (Å²) in [5.41, 5.74) is 7.94. The topological polar surface area (TPSA) is 49.5 Å². The van der Waals surface area contributed by atoms with Crippen molar-refractivity contribution in [3.8, 4) is 0 Å². The van der Waals surface area contributed by atoms with Crippen LogP contribution in [0.25, 0.3) is 0 Å². The smallest absolute Gasteiger partial charge is 0.0774 e. The maximum absolute atomic E-state index is 10.5. The van der Waals surface area contributed by atoms with Gasteiger partial charge in [0.1, 0.15) is 0 Å². The van der Waals surface area contributed by atoms with Crippen molar-refractivity contribution in [1.82, 2.24) is 4.90 Å². The maximum atomic E-state index is 10.5. The quantitative estimate of drug-likeness (QED) is 0.855. The van der Waals surface area contributed by atoms with Crippen LogP contribution < -0.4 is 5.73 Å². The Bertz CT molecular complexity index is 413. The normalized spacial score (nSPS) is 19.8. The average molecular weight is 262 g/mol. The van der Waals surface area contributed by atoms with E-state index in [1.54, 1.807) is 0 Å². The Morgan fingerprint density at radius 2 is 2.05 bits per heavy atom. The summed E-state index contributed by atoms with van der Waals surface area (Å²) in [5, 5.41) is 10.5. The van der Waals surface area contributed by atoms with Crippen LogP contribution in [0, 0.1) is 6.92 Å². The summed E-state index contributed by atoms with van der Waals surface area (Å²) >= 11 is 0. The fourth-order valence-corrected chi connectivity index (χ4v) is 3.21. The zero-order valence-corrected chi connectivity index (χ0v) is 12.1. The van der Waals surface area contributed by atoms with Crippen molar-refractivity contribution < 1.29 is 5.11 Å². The SMILES string of the molecule is Cc1cccc(C(CN)N(C)CC2(O)CCCC2)c1. The molecule has 106 valence electrons. The van der Waals surface area contributed by atoms with Crippen LogP contribution in [0.3, 0.4) is 0 Å². The Kier molecular flexibility index (Phi) is 4.61. The number of likely N-dealkylation sites (N-methyl/N-ethyl adjacent to an activating group) is 1. The van der Waals surface area contributed by atoms with Crippen LogP contribution in [0.4, 0.5) is 0 Å². The maximum Gasteiger partial charge on any atom is 0.0774 e. The van der Waals surface area contributed by atoms with E-state index < -0.39 is 5.60 Å². The second-order valence-corrected chi connectivity index (χ2v) is 6.01. The lowest BCUT2D eigenvalue weighted by Gasteiger charge is -2.34. The third-order valence-electron chi connectivity index (χ3n) is 4.26. The number of rotatable bonds is 5. The van der Waals surface area contributed by atoms with Gasteiger partial charge in [-0.2, -0.15) is 0 Å². The Morgan fingerprint density at radius 1 is 1.37 bits per heavy atom. The molecule has 0 radical (unpaired) electrons. The molecule has 0 bridgehead atoms. The first-order valence-corrected chi connectivity index (χ1v) is 7.23. The molecule has 0 aromatic heterocycles. The molecule has 0 aliphatic heterocycles. The number of nitrogens with zero attached hydrogens (tertiary/aromatic N) is 1. The molecule has 1 aromatic carbocycles. The highest BCUT2D eigenvalue weighted by molar-refractivity contribution is 5.25. The molecule has 3 nitrogen and oxygen atoms in total. The molecule has 1 aliphatic carbocycles. The second-order valence-electron chi connectivity index (χ2n) is 6.01. The molecule has 3 heteroatoms. The van der Waals surface area contributed by atoms with E-state index in [0.29, 0.717) is 13.1 Å². The van der Waals surface area contributed by atoms with Gasteiger partial charge >= 0.3 is 0 Å². The van der Waals surface area contributed by atoms with Crippen molar-refractivity contribution >= 4 is 0 Å². The lowest BCUT2D eigenvalue weighted by Crippen LogP contribution is -2.42. The van der Waals surface area contributed by atoms with Crippen LogP contribution in [0.15, 0.2) is 24.3 Å². The number of hydrogen-bond donors (Lipinski definition) is 2. The molecular formula is C16H26N2O. The lowest BCUT2D eigenvalue weighted by atomic mass is 9.98. The number of benzene rings is 1. The van der Waals surface area contributed by atoms with Gasteiger partial charge in [-0.05, 0) is 32.4 Å². The molecule has 0 amide bonds. The monoisotopic (exact) mass is 262 g/mol. The van der Waals surface area contributed by atoms with E-state index in [1.807, 2.05) is 0 Å². The summed E-state index contributed by atoms with van der Waals surface area (Å²) in [6, 6.07) is 8.67. The summed E-state index contributed by atoms with van der Waals surface area (Å²) in [4.78, 5) is 2.21. The molecule has 2 rings (SSSR count). The molecule has 3 N–H and O–H groups in total. The van der Waals surface area contributed by atoms with Gasteiger partial charge < -0.3 is 10.8 Å². The van der Waals surface area contributed by atoms with Gasteiger partial charge in [0, 0.05) is 19.1 Å². The van der Waals surface area contributed by atoms with E-state index in [2.05, 4.69) is 43.1 Å². The van der Waals surface area contributed by atoms with E-state index in [-0.39, 0.29) is 6.04 Å². The Hall–Kier alpha value is -0.900. The van der Waals surface area contributed by atoms with E-state index in [9.17, 15) is 5.11 Å². The van der Waals surface area contributed by atoms with Gasteiger partial charge in [-0.25, -0.2) is 0 Å². The minimum absolute atomic E-state index is 0.185. The van der Waals surface area contributed by atoms with Gasteiger partial charge in [0.05, 0.1) is 5.60 Å². The third-order valence-corrected chi connectivity index (χ3v) is 4.26. The first kappa shape index (κ1) is 14.5. The second kappa shape index (κ2) is 6.04. The minimum atomic E-state index is -0.508.